The van der Waals surface area contributed by atoms with E-state index in [0.717, 1.165) is 16.3 Å². The van der Waals surface area contributed by atoms with Crippen molar-refractivity contribution < 1.29 is 17.9 Å². The number of benzene rings is 3. The summed E-state index contributed by atoms with van der Waals surface area (Å²) in [5.74, 6) is -0.0712. The second-order valence-corrected chi connectivity index (χ2v) is 7.45. The number of carbonyl (C=O) groups is 1. The molecule has 2 N–H and O–H groups in total. The Hall–Kier alpha value is -2.90. The Morgan fingerprint density at radius 3 is 2.38 bits per heavy atom. The van der Waals surface area contributed by atoms with E-state index in [1.165, 1.54) is 6.07 Å². The molecule has 0 heterocycles. The van der Waals surface area contributed by atoms with Gasteiger partial charge in [0, 0.05) is 0 Å². The number of aryl methyl sites for hydroxylation is 1. The molecule has 0 aliphatic carbocycles. The highest BCUT2D eigenvalue weighted by molar-refractivity contribution is 7.89. The number of ether oxygens (including phenoxy) is 1. The summed E-state index contributed by atoms with van der Waals surface area (Å²) in [5.41, 5.74) is 3.22. The van der Waals surface area contributed by atoms with Crippen LogP contribution in [0.15, 0.2) is 71.6 Å². The number of nitrogens with one attached hydrogen (secondary N) is 2. The van der Waals surface area contributed by atoms with Crippen LogP contribution in [0.5, 0.6) is 5.75 Å². The van der Waals surface area contributed by atoms with E-state index in [1.54, 1.807) is 24.3 Å². The van der Waals surface area contributed by atoms with Gasteiger partial charge in [-0.1, -0.05) is 48.0 Å². The molecular weight excluding hydrogens is 352 g/mol. The van der Waals surface area contributed by atoms with Crippen LogP contribution in [0.3, 0.4) is 0 Å². The predicted octanol–water partition coefficient (Wildman–Crippen LogP) is 2.54. The Labute approximate surface area is 151 Å². The predicted molar refractivity (Wildman–Crippen MR) is 99.1 cm³/mol. The van der Waals surface area contributed by atoms with E-state index in [1.807, 2.05) is 43.3 Å². The van der Waals surface area contributed by atoms with Crippen LogP contribution in [0.1, 0.15) is 5.56 Å². The van der Waals surface area contributed by atoms with Crippen molar-refractivity contribution in [3.8, 4) is 5.75 Å². The Kier molecular flexibility index (Phi) is 5.20. The molecule has 0 spiro atoms. The molecule has 0 aliphatic rings. The van der Waals surface area contributed by atoms with Crippen molar-refractivity contribution in [1.29, 1.82) is 0 Å². The van der Waals surface area contributed by atoms with Gasteiger partial charge < -0.3 is 4.74 Å². The number of hydrazine groups is 1. The number of amides is 1. The molecule has 3 aromatic rings. The van der Waals surface area contributed by atoms with Gasteiger partial charge >= 0.3 is 0 Å². The van der Waals surface area contributed by atoms with E-state index in [0.29, 0.717) is 5.75 Å². The lowest BCUT2D eigenvalue weighted by molar-refractivity contribution is -0.123. The molecule has 0 saturated carbocycles. The van der Waals surface area contributed by atoms with Gasteiger partial charge in [-0.05, 0) is 42.0 Å². The topological polar surface area (TPSA) is 84.5 Å². The number of rotatable bonds is 6. The molecule has 1 amide bonds. The number of sulfonamides is 1. The Morgan fingerprint density at radius 1 is 0.962 bits per heavy atom. The first-order chi connectivity index (χ1) is 12.4. The quantitative estimate of drug-likeness (QED) is 0.653. The molecule has 0 aliphatic heterocycles. The number of hydrogen-bond donors (Lipinski definition) is 2. The summed E-state index contributed by atoms with van der Waals surface area (Å²) < 4.78 is 30.0. The third kappa shape index (κ3) is 4.38. The fourth-order valence-corrected chi connectivity index (χ4v) is 3.23. The summed E-state index contributed by atoms with van der Waals surface area (Å²) in [5, 5.41) is 1.73. The van der Waals surface area contributed by atoms with E-state index < -0.39 is 15.9 Å². The summed E-state index contributed by atoms with van der Waals surface area (Å²) in [7, 11) is -3.87. The number of fused-ring (bicyclic) bond motifs is 1. The summed E-state index contributed by atoms with van der Waals surface area (Å²) >= 11 is 0. The van der Waals surface area contributed by atoms with Crippen LogP contribution >= 0.6 is 0 Å². The molecule has 0 radical (unpaired) electrons. The lowest BCUT2D eigenvalue weighted by Crippen LogP contribution is -2.43. The van der Waals surface area contributed by atoms with Crippen molar-refractivity contribution in [3.05, 3.63) is 72.3 Å². The van der Waals surface area contributed by atoms with E-state index in [4.69, 9.17) is 4.74 Å². The first kappa shape index (κ1) is 17.9. The minimum absolute atomic E-state index is 0.0657. The van der Waals surface area contributed by atoms with Crippen LogP contribution in [0, 0.1) is 6.92 Å². The molecule has 0 aromatic heterocycles. The highest BCUT2D eigenvalue weighted by Gasteiger charge is 2.15. The third-order valence-electron chi connectivity index (χ3n) is 3.75. The van der Waals surface area contributed by atoms with Gasteiger partial charge in [0.2, 0.25) is 0 Å². The summed E-state index contributed by atoms with van der Waals surface area (Å²) in [6.45, 7) is 1.64. The molecule has 134 valence electrons. The maximum absolute atomic E-state index is 12.3. The first-order valence-electron chi connectivity index (χ1n) is 7.93. The fourth-order valence-electron chi connectivity index (χ4n) is 2.34. The third-order valence-corrected chi connectivity index (χ3v) is 4.99. The molecule has 0 atom stereocenters. The minimum Gasteiger partial charge on any atom is -0.484 e. The summed E-state index contributed by atoms with van der Waals surface area (Å²) in [6, 6.07) is 19.4. The van der Waals surface area contributed by atoms with Crippen LogP contribution in [0.4, 0.5) is 0 Å². The van der Waals surface area contributed by atoms with Gasteiger partial charge in [-0.3, -0.25) is 10.2 Å². The largest absolute Gasteiger partial charge is 0.484 e. The monoisotopic (exact) mass is 370 g/mol. The second kappa shape index (κ2) is 7.55. The highest BCUT2D eigenvalue weighted by Crippen LogP contribution is 2.18. The fraction of sp³-hybridized carbons (Fsp3) is 0.105. The van der Waals surface area contributed by atoms with Crippen LogP contribution in [0.2, 0.25) is 0 Å². The van der Waals surface area contributed by atoms with Crippen LogP contribution in [0.25, 0.3) is 10.8 Å². The lowest BCUT2D eigenvalue weighted by atomic mass is 10.1. The summed E-state index contributed by atoms with van der Waals surface area (Å²) in [6.07, 6.45) is 0. The molecule has 3 rings (SSSR count). The average molecular weight is 370 g/mol. The number of carbonyl (C=O) groups excluding carboxylic acids is 1. The van der Waals surface area contributed by atoms with Crippen molar-refractivity contribution in [2.45, 2.75) is 11.8 Å². The van der Waals surface area contributed by atoms with Gasteiger partial charge in [0.25, 0.3) is 15.9 Å². The van der Waals surface area contributed by atoms with Gasteiger partial charge in [0.1, 0.15) is 5.75 Å². The van der Waals surface area contributed by atoms with Crippen LogP contribution < -0.4 is 15.0 Å². The smallest absolute Gasteiger partial charge is 0.272 e. The van der Waals surface area contributed by atoms with Crippen molar-refractivity contribution in [2.75, 3.05) is 6.61 Å². The van der Waals surface area contributed by atoms with E-state index in [-0.39, 0.29) is 11.5 Å². The SMILES string of the molecule is Cc1ccc(OCC(=O)NNS(=O)(=O)c2ccc3ccccc3c2)cc1. The van der Waals surface area contributed by atoms with Crippen molar-refractivity contribution >= 4 is 26.7 Å². The molecule has 0 fully saturated rings. The number of hydrogen-bond acceptors (Lipinski definition) is 4. The van der Waals surface area contributed by atoms with Gasteiger partial charge in [0.15, 0.2) is 6.61 Å². The average Bonchev–Trinajstić information content (AvgIpc) is 2.65. The van der Waals surface area contributed by atoms with Gasteiger partial charge in [-0.2, -0.15) is 0 Å². The molecule has 0 bridgehead atoms. The van der Waals surface area contributed by atoms with Gasteiger partial charge in [-0.15, -0.1) is 4.83 Å². The lowest BCUT2D eigenvalue weighted by Gasteiger charge is -2.10. The van der Waals surface area contributed by atoms with E-state index >= 15 is 0 Å². The molecule has 3 aromatic carbocycles. The van der Waals surface area contributed by atoms with E-state index in [2.05, 4.69) is 10.3 Å². The Morgan fingerprint density at radius 2 is 1.65 bits per heavy atom. The van der Waals surface area contributed by atoms with Crippen LogP contribution in [-0.2, 0) is 14.8 Å². The zero-order valence-electron chi connectivity index (χ0n) is 14.1. The zero-order valence-corrected chi connectivity index (χ0v) is 14.9. The molecule has 7 heteroatoms. The second-order valence-electron chi connectivity index (χ2n) is 5.76. The summed E-state index contributed by atoms with van der Waals surface area (Å²) in [4.78, 5) is 14.0. The molecular formula is C19H18N2O4S. The highest BCUT2D eigenvalue weighted by atomic mass is 32.2. The van der Waals surface area contributed by atoms with Crippen molar-refractivity contribution in [3.63, 3.8) is 0 Å². The normalized spacial score (nSPS) is 11.3. The van der Waals surface area contributed by atoms with Gasteiger partial charge in [0.05, 0.1) is 4.90 Å². The van der Waals surface area contributed by atoms with Crippen molar-refractivity contribution in [1.82, 2.24) is 10.3 Å². The first-order valence-corrected chi connectivity index (χ1v) is 9.41. The standard InChI is InChI=1S/C19H18N2O4S/c1-14-6-9-17(10-7-14)25-13-19(22)20-21-26(23,24)18-11-8-15-4-2-3-5-16(15)12-18/h2-12,21H,13H2,1H3,(H,20,22). The molecule has 6 nitrogen and oxygen atoms in total. The Bertz CT molecular complexity index is 1030. The minimum atomic E-state index is -3.87. The van der Waals surface area contributed by atoms with Crippen LogP contribution in [-0.4, -0.2) is 20.9 Å². The maximum Gasteiger partial charge on any atom is 0.272 e. The maximum atomic E-state index is 12.3. The zero-order chi connectivity index (χ0) is 18.6. The molecule has 0 saturated heterocycles. The molecule has 26 heavy (non-hydrogen) atoms. The van der Waals surface area contributed by atoms with E-state index in [9.17, 15) is 13.2 Å². The molecule has 0 unspecified atom stereocenters. The Balaban J connectivity index is 1.59. The van der Waals surface area contributed by atoms with Crippen molar-refractivity contribution in [2.24, 2.45) is 0 Å². The van der Waals surface area contributed by atoms with Gasteiger partial charge in [-0.25, -0.2) is 8.42 Å².